The molecule has 0 fully saturated rings. The number of benzene rings is 5. The van der Waals surface area contributed by atoms with Crippen LogP contribution in [0, 0.1) is 0 Å². The Balaban J connectivity index is 1.62. The lowest BCUT2D eigenvalue weighted by atomic mass is 9.92. The van der Waals surface area contributed by atoms with E-state index in [0.29, 0.717) is 5.75 Å². The summed E-state index contributed by atoms with van der Waals surface area (Å²) in [6.45, 7) is 0. The van der Waals surface area contributed by atoms with E-state index in [4.69, 9.17) is 14.7 Å². The Bertz CT molecular complexity index is 1310. The smallest absolute Gasteiger partial charge is 0.512 e. The van der Waals surface area contributed by atoms with Gasteiger partial charge in [0.2, 0.25) is 0 Å². The van der Waals surface area contributed by atoms with Gasteiger partial charge in [-0.15, -0.1) is 0 Å². The minimum Gasteiger partial charge on any atom is -0.512 e. The average molecular weight is 416 g/mol. The summed E-state index contributed by atoms with van der Waals surface area (Å²) in [7, 11) is -1.83. The summed E-state index contributed by atoms with van der Waals surface area (Å²) < 4.78 is 4.98. The minimum atomic E-state index is -1.83. The van der Waals surface area contributed by atoms with Crippen LogP contribution in [0.15, 0.2) is 115 Å². The van der Waals surface area contributed by atoms with Gasteiger partial charge in [-0.05, 0) is 80.6 Å². The van der Waals surface area contributed by atoms with Gasteiger partial charge in [-0.25, -0.2) is 0 Å². The van der Waals surface area contributed by atoms with Crippen LogP contribution < -0.4 is 4.65 Å². The topological polar surface area (TPSA) is 49.7 Å². The van der Waals surface area contributed by atoms with Crippen molar-refractivity contribution in [2.24, 2.45) is 0 Å². The van der Waals surface area contributed by atoms with Crippen LogP contribution in [0.25, 0.3) is 44.2 Å². The molecule has 0 aliphatic rings. The minimum absolute atomic E-state index is 0.415. The van der Waals surface area contributed by atoms with Crippen LogP contribution in [0.2, 0.25) is 0 Å². The molecular weight excluding hydrogens is 395 g/mol. The van der Waals surface area contributed by atoms with Crippen LogP contribution in [0.3, 0.4) is 0 Å². The molecule has 154 valence electrons. The fourth-order valence-electron chi connectivity index (χ4n) is 3.99. The molecule has 0 aliphatic carbocycles. The fraction of sp³-hybridized carbons (Fsp3) is 0. The third kappa shape index (κ3) is 4.28. The first-order chi connectivity index (χ1) is 15.7. The van der Waals surface area contributed by atoms with Crippen molar-refractivity contribution in [2.45, 2.75) is 0 Å². The second-order valence-corrected chi connectivity index (χ2v) is 7.70. The van der Waals surface area contributed by atoms with Gasteiger partial charge in [0, 0.05) is 0 Å². The Morgan fingerprint density at radius 3 is 1.50 bits per heavy atom. The first-order valence-electron chi connectivity index (χ1n) is 10.5. The predicted molar refractivity (Wildman–Crippen MR) is 131 cm³/mol. The Morgan fingerprint density at radius 1 is 0.438 bits per heavy atom. The summed E-state index contributed by atoms with van der Waals surface area (Å²) in [5.74, 6) is 0.415. The van der Waals surface area contributed by atoms with Crippen molar-refractivity contribution in [1.29, 1.82) is 0 Å². The largest absolute Gasteiger partial charge is 0.707 e. The number of fused-ring (bicyclic) bond motifs is 1. The van der Waals surface area contributed by atoms with E-state index in [9.17, 15) is 0 Å². The molecule has 0 saturated carbocycles. The highest BCUT2D eigenvalue weighted by Gasteiger charge is 2.12. The first-order valence-corrected chi connectivity index (χ1v) is 10.5. The Kier molecular flexibility index (Phi) is 5.47. The molecule has 5 rings (SSSR count). The van der Waals surface area contributed by atoms with Crippen molar-refractivity contribution < 1.29 is 14.7 Å². The highest BCUT2D eigenvalue weighted by Crippen LogP contribution is 2.34. The molecule has 0 bridgehead atoms. The van der Waals surface area contributed by atoms with Gasteiger partial charge in [0.25, 0.3) is 0 Å². The average Bonchev–Trinajstić information content (AvgIpc) is 2.84. The van der Waals surface area contributed by atoms with Crippen molar-refractivity contribution in [3.63, 3.8) is 0 Å². The number of hydrogen-bond acceptors (Lipinski definition) is 3. The van der Waals surface area contributed by atoms with E-state index in [1.54, 1.807) is 12.1 Å². The van der Waals surface area contributed by atoms with Crippen LogP contribution >= 0.6 is 0 Å². The second-order valence-electron chi connectivity index (χ2n) is 7.70. The van der Waals surface area contributed by atoms with Crippen molar-refractivity contribution in [2.75, 3.05) is 0 Å². The zero-order valence-electron chi connectivity index (χ0n) is 17.3. The molecule has 0 atom stereocenters. The van der Waals surface area contributed by atoms with E-state index in [1.807, 2.05) is 24.3 Å². The second kappa shape index (κ2) is 8.71. The van der Waals surface area contributed by atoms with Gasteiger partial charge < -0.3 is 14.7 Å². The van der Waals surface area contributed by atoms with Gasteiger partial charge in [0.05, 0.1) is 0 Å². The Hall–Kier alpha value is -3.86. The molecule has 0 saturated heterocycles. The van der Waals surface area contributed by atoms with E-state index in [0.717, 1.165) is 21.9 Å². The molecule has 32 heavy (non-hydrogen) atoms. The van der Waals surface area contributed by atoms with Crippen molar-refractivity contribution in [3.8, 4) is 39.1 Å². The lowest BCUT2D eigenvalue weighted by Crippen LogP contribution is -2.20. The molecule has 4 heteroatoms. The monoisotopic (exact) mass is 416 g/mol. The summed E-state index contributed by atoms with van der Waals surface area (Å²) in [6.07, 6.45) is 0. The molecule has 0 aliphatic heterocycles. The first kappa shape index (κ1) is 20.1. The summed E-state index contributed by atoms with van der Waals surface area (Å²) in [4.78, 5) is 0. The molecule has 0 radical (unpaired) electrons. The molecule has 0 spiro atoms. The molecule has 0 unspecified atom stereocenters. The van der Waals surface area contributed by atoms with Crippen molar-refractivity contribution in [3.05, 3.63) is 115 Å². The maximum absolute atomic E-state index is 9.04. The third-order valence-corrected chi connectivity index (χ3v) is 5.53. The molecule has 5 aromatic rings. The molecule has 2 N–H and O–H groups in total. The highest BCUT2D eigenvalue weighted by atomic mass is 16.6. The molecule has 0 aromatic heterocycles. The Labute approximate surface area is 187 Å². The lowest BCUT2D eigenvalue weighted by Gasteiger charge is -2.12. The van der Waals surface area contributed by atoms with Gasteiger partial charge >= 0.3 is 7.32 Å². The van der Waals surface area contributed by atoms with E-state index >= 15 is 0 Å². The SMILES string of the molecule is OB(O)Oc1ccc2cc(-c3cc(-c4ccccc4)cc(-c4ccccc4)c3)ccc2c1. The van der Waals surface area contributed by atoms with Crippen LogP contribution in [0.1, 0.15) is 0 Å². The molecular formula is C28H21BO3. The Morgan fingerprint density at radius 2 is 0.938 bits per heavy atom. The number of rotatable bonds is 5. The summed E-state index contributed by atoms with van der Waals surface area (Å²) in [5.41, 5.74) is 6.94. The summed E-state index contributed by atoms with van der Waals surface area (Å²) >= 11 is 0. The molecule has 0 amide bonds. The zero-order valence-corrected chi connectivity index (χ0v) is 17.3. The van der Waals surface area contributed by atoms with Gasteiger partial charge in [-0.1, -0.05) is 78.9 Å². The van der Waals surface area contributed by atoms with E-state index in [-0.39, 0.29) is 0 Å². The predicted octanol–water partition coefficient (Wildman–Crippen LogP) is 6.19. The van der Waals surface area contributed by atoms with Crippen molar-refractivity contribution in [1.82, 2.24) is 0 Å². The van der Waals surface area contributed by atoms with E-state index < -0.39 is 7.32 Å². The van der Waals surface area contributed by atoms with Crippen LogP contribution in [0.4, 0.5) is 0 Å². The quantitative estimate of drug-likeness (QED) is 0.336. The zero-order chi connectivity index (χ0) is 21.9. The van der Waals surface area contributed by atoms with Crippen molar-refractivity contribution >= 4 is 18.1 Å². The van der Waals surface area contributed by atoms with Crippen LogP contribution in [-0.4, -0.2) is 17.4 Å². The standard InChI is InChI=1S/C28H21BO3/c30-29(31)32-28-14-13-22-15-23(11-12-24(22)19-28)27-17-25(20-7-3-1-4-8-20)16-26(18-27)21-9-5-2-6-10-21/h1-19,30-31H. The molecule has 5 aromatic carbocycles. The van der Waals surface area contributed by atoms with E-state index in [1.165, 1.54) is 22.3 Å². The van der Waals surface area contributed by atoms with Gasteiger partial charge in [0.15, 0.2) is 0 Å². The van der Waals surface area contributed by atoms with Gasteiger partial charge in [-0.3, -0.25) is 0 Å². The molecule has 3 nitrogen and oxygen atoms in total. The number of hydrogen-bond donors (Lipinski definition) is 2. The summed E-state index contributed by atoms with van der Waals surface area (Å²) in [5, 5.41) is 20.1. The fourth-order valence-corrected chi connectivity index (χ4v) is 3.99. The maximum atomic E-state index is 9.04. The van der Waals surface area contributed by atoms with E-state index in [2.05, 4.69) is 78.9 Å². The van der Waals surface area contributed by atoms with Gasteiger partial charge in [-0.2, -0.15) is 0 Å². The summed E-state index contributed by atoms with van der Waals surface area (Å²) in [6, 6.07) is 39.2. The normalized spacial score (nSPS) is 10.8. The lowest BCUT2D eigenvalue weighted by molar-refractivity contribution is 0.288. The van der Waals surface area contributed by atoms with Gasteiger partial charge in [0.1, 0.15) is 5.75 Å². The van der Waals surface area contributed by atoms with Crippen LogP contribution in [0.5, 0.6) is 5.75 Å². The van der Waals surface area contributed by atoms with Crippen LogP contribution in [-0.2, 0) is 0 Å². The molecule has 0 heterocycles. The highest BCUT2D eigenvalue weighted by molar-refractivity contribution is 6.33. The maximum Gasteiger partial charge on any atom is 0.707 e. The third-order valence-electron chi connectivity index (χ3n) is 5.53.